The Labute approximate surface area is 113 Å². The summed E-state index contributed by atoms with van der Waals surface area (Å²) < 4.78 is 0. The summed E-state index contributed by atoms with van der Waals surface area (Å²) in [5.41, 5.74) is 0. The molecule has 1 fully saturated rings. The third kappa shape index (κ3) is 7.34. The van der Waals surface area contributed by atoms with E-state index in [-0.39, 0.29) is 0 Å². The number of nitrogens with one attached hydrogen (secondary N) is 1. The molecule has 0 aliphatic carbocycles. The smallest absolute Gasteiger partial charge is 0.0431 e. The average molecular weight is 256 g/mol. The van der Waals surface area contributed by atoms with Gasteiger partial charge in [0, 0.05) is 13.2 Å². The van der Waals surface area contributed by atoms with Crippen molar-refractivity contribution < 1.29 is 5.11 Å². The first-order valence-corrected chi connectivity index (χ1v) is 7.90. The molecule has 0 spiro atoms. The molecule has 18 heavy (non-hydrogen) atoms. The number of aliphatic hydroxyl groups is 1. The number of aliphatic hydroxyl groups excluding tert-OH is 1. The maximum Gasteiger partial charge on any atom is 0.0431 e. The Bertz CT molecular complexity index is 181. The summed E-state index contributed by atoms with van der Waals surface area (Å²) in [6.07, 6.45) is 8.70. The van der Waals surface area contributed by atoms with Crippen LogP contribution in [0.2, 0.25) is 0 Å². The summed E-state index contributed by atoms with van der Waals surface area (Å²) in [6, 6.07) is 0. The number of piperidine rings is 1. The molecule has 0 aromatic carbocycles. The van der Waals surface area contributed by atoms with E-state index in [0.29, 0.717) is 6.61 Å². The largest absolute Gasteiger partial charge is 0.396 e. The molecule has 0 bridgehead atoms. The highest BCUT2D eigenvalue weighted by Gasteiger charge is 2.16. The van der Waals surface area contributed by atoms with Crippen molar-refractivity contribution in [2.24, 2.45) is 5.92 Å². The fourth-order valence-corrected chi connectivity index (χ4v) is 2.84. The summed E-state index contributed by atoms with van der Waals surface area (Å²) in [5.74, 6) is 0.912. The van der Waals surface area contributed by atoms with E-state index in [1.165, 1.54) is 71.2 Å². The predicted octanol–water partition coefficient (Wildman–Crippen LogP) is 2.25. The summed E-state index contributed by atoms with van der Waals surface area (Å²) in [5, 5.41) is 12.2. The van der Waals surface area contributed by atoms with Crippen molar-refractivity contribution in [3.8, 4) is 0 Å². The van der Waals surface area contributed by atoms with Gasteiger partial charge in [-0.1, -0.05) is 19.8 Å². The second-order valence-electron chi connectivity index (χ2n) is 5.63. The fourth-order valence-electron chi connectivity index (χ4n) is 2.84. The van der Waals surface area contributed by atoms with Crippen molar-refractivity contribution >= 4 is 0 Å². The number of hydrogen-bond donors (Lipinski definition) is 2. The molecule has 1 aliphatic heterocycles. The first-order chi connectivity index (χ1) is 8.86. The SMILES string of the molecule is CCCN(CCCCCCO)CC1CCNCC1. The van der Waals surface area contributed by atoms with Crippen molar-refractivity contribution in [1.29, 1.82) is 0 Å². The highest BCUT2D eigenvalue weighted by molar-refractivity contribution is 4.72. The van der Waals surface area contributed by atoms with Crippen LogP contribution in [0.25, 0.3) is 0 Å². The van der Waals surface area contributed by atoms with E-state index in [9.17, 15) is 0 Å². The van der Waals surface area contributed by atoms with E-state index in [0.717, 1.165) is 12.3 Å². The van der Waals surface area contributed by atoms with Gasteiger partial charge in [0.15, 0.2) is 0 Å². The van der Waals surface area contributed by atoms with E-state index >= 15 is 0 Å². The fraction of sp³-hybridized carbons (Fsp3) is 1.00. The van der Waals surface area contributed by atoms with Gasteiger partial charge in [0.2, 0.25) is 0 Å². The van der Waals surface area contributed by atoms with Gasteiger partial charge in [0.25, 0.3) is 0 Å². The van der Waals surface area contributed by atoms with Gasteiger partial charge in [-0.3, -0.25) is 0 Å². The lowest BCUT2D eigenvalue weighted by Crippen LogP contribution is -2.37. The molecule has 2 N–H and O–H groups in total. The minimum absolute atomic E-state index is 0.355. The molecule has 0 saturated carbocycles. The van der Waals surface area contributed by atoms with Crippen LogP contribution in [0.4, 0.5) is 0 Å². The van der Waals surface area contributed by atoms with Crippen LogP contribution in [-0.4, -0.2) is 49.3 Å². The zero-order valence-corrected chi connectivity index (χ0v) is 12.2. The molecule has 3 heteroatoms. The third-order valence-electron chi connectivity index (χ3n) is 3.90. The Morgan fingerprint density at radius 1 is 1.06 bits per heavy atom. The minimum atomic E-state index is 0.355. The minimum Gasteiger partial charge on any atom is -0.396 e. The Hall–Kier alpha value is -0.120. The van der Waals surface area contributed by atoms with E-state index in [1.807, 2.05) is 0 Å². The molecule has 1 heterocycles. The van der Waals surface area contributed by atoms with Gasteiger partial charge in [0.1, 0.15) is 0 Å². The lowest BCUT2D eigenvalue weighted by atomic mass is 9.97. The van der Waals surface area contributed by atoms with Crippen LogP contribution in [0, 0.1) is 5.92 Å². The zero-order chi connectivity index (χ0) is 13.1. The monoisotopic (exact) mass is 256 g/mol. The number of rotatable bonds is 10. The molecule has 0 radical (unpaired) electrons. The predicted molar refractivity (Wildman–Crippen MR) is 77.9 cm³/mol. The van der Waals surface area contributed by atoms with Crippen molar-refractivity contribution in [2.75, 3.05) is 39.3 Å². The lowest BCUT2D eigenvalue weighted by Gasteiger charge is -2.30. The van der Waals surface area contributed by atoms with Gasteiger partial charge in [0.05, 0.1) is 0 Å². The molecule has 1 saturated heterocycles. The number of nitrogens with zero attached hydrogens (tertiary/aromatic N) is 1. The maximum atomic E-state index is 8.76. The lowest BCUT2D eigenvalue weighted by molar-refractivity contribution is 0.201. The van der Waals surface area contributed by atoms with Crippen LogP contribution < -0.4 is 5.32 Å². The van der Waals surface area contributed by atoms with Crippen LogP contribution in [0.3, 0.4) is 0 Å². The average Bonchev–Trinajstić information content (AvgIpc) is 2.40. The molecule has 1 aliphatic rings. The van der Waals surface area contributed by atoms with Gasteiger partial charge in [-0.05, 0) is 64.2 Å². The summed E-state index contributed by atoms with van der Waals surface area (Å²) in [7, 11) is 0. The van der Waals surface area contributed by atoms with Crippen LogP contribution in [0.5, 0.6) is 0 Å². The molecule has 0 aromatic heterocycles. The number of unbranched alkanes of at least 4 members (excludes halogenated alkanes) is 3. The molecule has 0 atom stereocenters. The van der Waals surface area contributed by atoms with Gasteiger partial charge in [-0.15, -0.1) is 0 Å². The van der Waals surface area contributed by atoms with Crippen molar-refractivity contribution in [3.05, 3.63) is 0 Å². The van der Waals surface area contributed by atoms with Crippen LogP contribution in [0.15, 0.2) is 0 Å². The Balaban J connectivity index is 2.12. The standard InChI is InChI=1S/C15H32N2O/c1-2-11-17(12-5-3-4-6-13-18)14-15-7-9-16-10-8-15/h15-16,18H,2-14H2,1H3. The second kappa shape index (κ2) is 10.8. The molecule has 0 amide bonds. The van der Waals surface area contributed by atoms with Crippen LogP contribution in [-0.2, 0) is 0 Å². The quantitative estimate of drug-likeness (QED) is 0.589. The van der Waals surface area contributed by atoms with E-state index in [2.05, 4.69) is 17.1 Å². The van der Waals surface area contributed by atoms with Gasteiger partial charge in [-0.2, -0.15) is 0 Å². The first kappa shape index (κ1) is 15.9. The Morgan fingerprint density at radius 2 is 1.78 bits per heavy atom. The van der Waals surface area contributed by atoms with Crippen LogP contribution >= 0.6 is 0 Å². The molecular formula is C15H32N2O. The first-order valence-electron chi connectivity index (χ1n) is 7.90. The molecule has 3 nitrogen and oxygen atoms in total. The van der Waals surface area contributed by atoms with Gasteiger partial charge < -0.3 is 15.3 Å². The molecule has 0 unspecified atom stereocenters. The zero-order valence-electron chi connectivity index (χ0n) is 12.2. The van der Waals surface area contributed by atoms with Gasteiger partial charge in [-0.25, -0.2) is 0 Å². The second-order valence-corrected chi connectivity index (χ2v) is 5.63. The van der Waals surface area contributed by atoms with Crippen molar-refractivity contribution in [2.45, 2.75) is 51.9 Å². The Morgan fingerprint density at radius 3 is 2.44 bits per heavy atom. The number of hydrogen-bond acceptors (Lipinski definition) is 3. The van der Waals surface area contributed by atoms with E-state index in [1.54, 1.807) is 0 Å². The topological polar surface area (TPSA) is 35.5 Å². The molecule has 0 aromatic rings. The normalized spacial score (nSPS) is 17.5. The van der Waals surface area contributed by atoms with E-state index in [4.69, 9.17) is 5.11 Å². The summed E-state index contributed by atoms with van der Waals surface area (Å²) in [6.45, 7) is 8.86. The molecule has 108 valence electrons. The molecule has 1 rings (SSSR count). The Kier molecular flexibility index (Phi) is 9.54. The van der Waals surface area contributed by atoms with Crippen molar-refractivity contribution in [3.63, 3.8) is 0 Å². The van der Waals surface area contributed by atoms with Gasteiger partial charge >= 0.3 is 0 Å². The highest BCUT2D eigenvalue weighted by Crippen LogP contribution is 2.14. The van der Waals surface area contributed by atoms with Crippen LogP contribution in [0.1, 0.15) is 51.9 Å². The summed E-state index contributed by atoms with van der Waals surface area (Å²) in [4.78, 5) is 2.66. The van der Waals surface area contributed by atoms with Crippen molar-refractivity contribution in [1.82, 2.24) is 10.2 Å². The highest BCUT2D eigenvalue weighted by atomic mass is 16.2. The maximum absolute atomic E-state index is 8.76. The third-order valence-corrected chi connectivity index (χ3v) is 3.90. The summed E-state index contributed by atoms with van der Waals surface area (Å²) >= 11 is 0. The molecular weight excluding hydrogens is 224 g/mol. The van der Waals surface area contributed by atoms with E-state index < -0.39 is 0 Å².